The van der Waals surface area contributed by atoms with E-state index < -0.39 is 10.8 Å². The number of Topliss-reactive ketones (excluding diaryl/α,β-unsaturated/α-hetero) is 1. The summed E-state index contributed by atoms with van der Waals surface area (Å²) in [6.07, 6.45) is 0. The first-order valence-corrected chi connectivity index (χ1v) is 9.22. The number of non-ortho nitro benzene ring substituents is 1. The Hall–Kier alpha value is -4.00. The molecule has 0 saturated carbocycles. The molecule has 1 amide bonds. The fourth-order valence-electron chi connectivity index (χ4n) is 2.75. The molecule has 0 aromatic heterocycles. The van der Waals surface area contributed by atoms with Gasteiger partial charge in [0.15, 0.2) is 12.4 Å². The van der Waals surface area contributed by atoms with Crippen LogP contribution in [0.2, 0.25) is 0 Å². The molecule has 152 valence electrons. The van der Waals surface area contributed by atoms with Gasteiger partial charge in [-0.25, -0.2) is 0 Å². The van der Waals surface area contributed by atoms with E-state index in [1.807, 2.05) is 26.0 Å². The van der Waals surface area contributed by atoms with Gasteiger partial charge in [-0.15, -0.1) is 0 Å². The highest BCUT2D eigenvalue weighted by molar-refractivity contribution is 6.04. The van der Waals surface area contributed by atoms with Crippen molar-refractivity contribution in [2.75, 3.05) is 11.9 Å². The molecule has 0 heterocycles. The molecule has 0 atom stereocenters. The topological polar surface area (TPSA) is 98.5 Å². The first-order valence-electron chi connectivity index (χ1n) is 9.22. The van der Waals surface area contributed by atoms with Gasteiger partial charge in [-0.1, -0.05) is 18.2 Å². The van der Waals surface area contributed by atoms with Gasteiger partial charge in [-0.2, -0.15) is 0 Å². The fourth-order valence-corrected chi connectivity index (χ4v) is 2.75. The monoisotopic (exact) mass is 404 g/mol. The second-order valence-electron chi connectivity index (χ2n) is 6.80. The second-order valence-corrected chi connectivity index (χ2v) is 6.80. The maximum Gasteiger partial charge on any atom is 0.270 e. The van der Waals surface area contributed by atoms with E-state index in [4.69, 9.17) is 4.74 Å². The first-order chi connectivity index (χ1) is 14.3. The third kappa shape index (κ3) is 5.08. The van der Waals surface area contributed by atoms with E-state index in [0.29, 0.717) is 17.0 Å². The Balaban J connectivity index is 1.59. The quantitative estimate of drug-likeness (QED) is 0.349. The van der Waals surface area contributed by atoms with Gasteiger partial charge in [0.1, 0.15) is 5.75 Å². The zero-order valence-electron chi connectivity index (χ0n) is 16.5. The van der Waals surface area contributed by atoms with E-state index in [-0.39, 0.29) is 23.6 Å². The molecule has 3 aromatic carbocycles. The van der Waals surface area contributed by atoms with Crippen molar-refractivity contribution in [3.63, 3.8) is 0 Å². The summed E-state index contributed by atoms with van der Waals surface area (Å²) >= 11 is 0. The number of nitrogens with one attached hydrogen (secondary N) is 1. The molecule has 0 aliphatic rings. The molecule has 0 radical (unpaired) electrons. The smallest absolute Gasteiger partial charge is 0.270 e. The van der Waals surface area contributed by atoms with Crippen molar-refractivity contribution in [3.05, 3.63) is 99.1 Å². The number of nitro benzene ring substituents is 1. The highest BCUT2D eigenvalue weighted by Crippen LogP contribution is 2.19. The molecule has 0 fully saturated rings. The van der Waals surface area contributed by atoms with E-state index in [1.165, 1.54) is 24.3 Å². The number of ketones is 1. The van der Waals surface area contributed by atoms with Crippen molar-refractivity contribution in [1.82, 2.24) is 0 Å². The van der Waals surface area contributed by atoms with E-state index in [0.717, 1.165) is 11.1 Å². The van der Waals surface area contributed by atoms with Gasteiger partial charge in [-0.3, -0.25) is 19.7 Å². The minimum absolute atomic E-state index is 0.0953. The van der Waals surface area contributed by atoms with Crippen LogP contribution >= 0.6 is 0 Å². The lowest BCUT2D eigenvalue weighted by Gasteiger charge is -2.09. The number of rotatable bonds is 7. The molecule has 0 spiro atoms. The molecular weight excluding hydrogens is 384 g/mol. The molecule has 0 aliphatic heterocycles. The number of hydrogen-bond donors (Lipinski definition) is 1. The average molecular weight is 404 g/mol. The lowest BCUT2D eigenvalue weighted by molar-refractivity contribution is -0.384. The third-order valence-corrected chi connectivity index (χ3v) is 4.63. The van der Waals surface area contributed by atoms with Gasteiger partial charge in [0, 0.05) is 28.9 Å². The molecule has 3 rings (SSSR count). The molecule has 7 nitrogen and oxygen atoms in total. The van der Waals surface area contributed by atoms with Gasteiger partial charge in [-0.05, 0) is 61.4 Å². The summed E-state index contributed by atoms with van der Waals surface area (Å²) in [5.74, 6) is -0.0982. The zero-order chi connectivity index (χ0) is 21.7. The summed E-state index contributed by atoms with van der Waals surface area (Å²) in [4.78, 5) is 34.9. The summed E-state index contributed by atoms with van der Waals surface area (Å²) in [5, 5.41) is 13.5. The molecule has 0 saturated heterocycles. The van der Waals surface area contributed by atoms with Crippen molar-refractivity contribution in [1.29, 1.82) is 0 Å². The van der Waals surface area contributed by atoms with Gasteiger partial charge in [0.05, 0.1) is 4.92 Å². The Morgan fingerprint density at radius 1 is 0.933 bits per heavy atom. The van der Waals surface area contributed by atoms with Gasteiger partial charge >= 0.3 is 0 Å². The highest BCUT2D eigenvalue weighted by Gasteiger charge is 2.12. The largest absolute Gasteiger partial charge is 0.485 e. The Kier molecular flexibility index (Phi) is 6.22. The van der Waals surface area contributed by atoms with Crippen molar-refractivity contribution >= 4 is 23.1 Å². The normalized spacial score (nSPS) is 10.3. The second kappa shape index (κ2) is 9.00. The van der Waals surface area contributed by atoms with Gasteiger partial charge in [0.25, 0.3) is 11.6 Å². The van der Waals surface area contributed by atoms with E-state index in [1.54, 1.807) is 30.3 Å². The number of nitro groups is 1. The van der Waals surface area contributed by atoms with Crippen LogP contribution in [0.4, 0.5) is 11.4 Å². The Morgan fingerprint density at radius 3 is 2.33 bits per heavy atom. The van der Waals surface area contributed by atoms with Crippen LogP contribution in [0.1, 0.15) is 31.8 Å². The Morgan fingerprint density at radius 2 is 1.67 bits per heavy atom. The highest BCUT2D eigenvalue weighted by atomic mass is 16.6. The summed E-state index contributed by atoms with van der Waals surface area (Å²) in [7, 11) is 0. The molecule has 1 N–H and O–H groups in total. The Labute approximate surface area is 173 Å². The van der Waals surface area contributed by atoms with E-state index in [2.05, 4.69) is 5.32 Å². The molecule has 3 aromatic rings. The minimum atomic E-state index is -0.553. The van der Waals surface area contributed by atoms with E-state index >= 15 is 0 Å². The summed E-state index contributed by atoms with van der Waals surface area (Å²) in [6.45, 7) is 3.84. The van der Waals surface area contributed by atoms with Crippen molar-refractivity contribution in [3.8, 4) is 5.75 Å². The number of aryl methyl sites for hydroxylation is 2. The van der Waals surface area contributed by atoms with E-state index in [9.17, 15) is 19.7 Å². The maximum absolute atomic E-state index is 12.3. The van der Waals surface area contributed by atoms with Crippen LogP contribution in [0.15, 0.2) is 66.7 Å². The molecule has 30 heavy (non-hydrogen) atoms. The fraction of sp³-hybridized carbons (Fsp3) is 0.130. The number of amides is 1. The maximum atomic E-state index is 12.3. The SMILES string of the molecule is Cc1ccc(C(=O)COc2ccc(NC(=O)c3cccc([N+](=O)[O-])c3)cc2)cc1C. The zero-order valence-corrected chi connectivity index (χ0v) is 16.5. The van der Waals surface area contributed by atoms with Crippen LogP contribution in [0.25, 0.3) is 0 Å². The first kappa shape index (κ1) is 20.7. The molecular formula is C23H20N2O5. The number of carbonyl (C=O) groups excluding carboxylic acids is 2. The number of benzene rings is 3. The van der Waals surface area contributed by atoms with Crippen molar-refractivity contribution < 1.29 is 19.2 Å². The average Bonchev–Trinajstić information content (AvgIpc) is 2.75. The van der Waals surface area contributed by atoms with Crippen LogP contribution in [-0.4, -0.2) is 23.2 Å². The summed E-state index contributed by atoms with van der Waals surface area (Å²) < 4.78 is 5.54. The van der Waals surface area contributed by atoms with Crippen LogP contribution in [-0.2, 0) is 0 Å². The number of hydrogen-bond acceptors (Lipinski definition) is 5. The van der Waals surface area contributed by atoms with Crippen molar-refractivity contribution in [2.45, 2.75) is 13.8 Å². The molecule has 0 aliphatic carbocycles. The third-order valence-electron chi connectivity index (χ3n) is 4.63. The Bertz CT molecular complexity index is 1110. The van der Waals surface area contributed by atoms with Crippen LogP contribution < -0.4 is 10.1 Å². The predicted octanol–water partition coefficient (Wildman–Crippen LogP) is 4.73. The van der Waals surface area contributed by atoms with Crippen molar-refractivity contribution in [2.24, 2.45) is 0 Å². The summed E-state index contributed by atoms with van der Waals surface area (Å²) in [6, 6.07) is 17.5. The van der Waals surface area contributed by atoms with Crippen LogP contribution in [0.3, 0.4) is 0 Å². The van der Waals surface area contributed by atoms with Gasteiger partial charge < -0.3 is 10.1 Å². The number of ether oxygens (including phenoxy) is 1. The van der Waals surface area contributed by atoms with Crippen LogP contribution in [0.5, 0.6) is 5.75 Å². The van der Waals surface area contributed by atoms with Crippen LogP contribution in [0, 0.1) is 24.0 Å². The van der Waals surface area contributed by atoms with Gasteiger partial charge in [0.2, 0.25) is 0 Å². The number of anilines is 1. The minimum Gasteiger partial charge on any atom is -0.485 e. The molecule has 0 unspecified atom stereocenters. The lowest BCUT2D eigenvalue weighted by atomic mass is 10.0. The summed E-state index contributed by atoms with van der Waals surface area (Å²) in [5.41, 5.74) is 3.29. The number of nitrogens with zero attached hydrogens (tertiary/aromatic N) is 1. The molecule has 0 bridgehead atoms. The number of carbonyl (C=O) groups is 2. The predicted molar refractivity (Wildman–Crippen MR) is 113 cm³/mol. The molecule has 7 heteroatoms. The lowest BCUT2D eigenvalue weighted by Crippen LogP contribution is -2.13. The standard InChI is InChI=1S/C23H20N2O5/c1-15-6-7-17(12-16(15)2)22(26)14-30-21-10-8-19(9-11-21)24-23(27)18-4-3-5-20(13-18)25(28)29/h3-13H,14H2,1-2H3,(H,24,27).